The van der Waals surface area contributed by atoms with Crippen LogP contribution in [0.1, 0.15) is 13.0 Å². The van der Waals surface area contributed by atoms with Crippen molar-refractivity contribution in [3.63, 3.8) is 0 Å². The highest BCUT2D eigenvalue weighted by molar-refractivity contribution is 5.95. The molecule has 8 nitrogen and oxygen atoms in total. The number of amides is 2. The van der Waals surface area contributed by atoms with E-state index in [0.717, 1.165) is 10.8 Å². The summed E-state index contributed by atoms with van der Waals surface area (Å²) < 4.78 is 7.08. The number of aromatic nitrogens is 3. The first-order valence-corrected chi connectivity index (χ1v) is 9.75. The van der Waals surface area contributed by atoms with E-state index in [1.807, 2.05) is 42.5 Å². The average molecular weight is 415 g/mol. The zero-order valence-corrected chi connectivity index (χ0v) is 16.9. The number of ether oxygens (including phenoxy) is 1. The SMILES string of the molecule is CC(C(=O)Nc1ccc(NC(=O)COc2ccc3ccccc3c2)cc1)n1cncn1. The average Bonchev–Trinajstić information content (AvgIpc) is 3.33. The third-order valence-electron chi connectivity index (χ3n) is 4.74. The van der Waals surface area contributed by atoms with E-state index in [1.165, 1.54) is 17.3 Å². The van der Waals surface area contributed by atoms with Crippen molar-refractivity contribution in [2.45, 2.75) is 13.0 Å². The number of anilines is 2. The van der Waals surface area contributed by atoms with E-state index in [0.29, 0.717) is 17.1 Å². The van der Waals surface area contributed by atoms with E-state index in [4.69, 9.17) is 4.74 Å². The quantitative estimate of drug-likeness (QED) is 0.480. The Kier molecular flexibility index (Phi) is 5.89. The number of fused-ring (bicyclic) bond motifs is 1. The van der Waals surface area contributed by atoms with Gasteiger partial charge in [-0.05, 0) is 54.1 Å². The molecular weight excluding hydrogens is 394 g/mol. The van der Waals surface area contributed by atoms with Crippen molar-refractivity contribution in [3.05, 3.63) is 79.4 Å². The lowest BCUT2D eigenvalue weighted by atomic mass is 10.1. The second-order valence-electron chi connectivity index (χ2n) is 6.96. The Morgan fingerprint density at radius 3 is 2.39 bits per heavy atom. The summed E-state index contributed by atoms with van der Waals surface area (Å²) in [6.45, 7) is 1.63. The molecule has 31 heavy (non-hydrogen) atoms. The number of benzene rings is 3. The van der Waals surface area contributed by atoms with Gasteiger partial charge in [0.2, 0.25) is 5.91 Å². The number of nitrogens with one attached hydrogen (secondary N) is 2. The Labute approximate surface area is 178 Å². The maximum Gasteiger partial charge on any atom is 0.262 e. The van der Waals surface area contributed by atoms with Crippen molar-refractivity contribution < 1.29 is 14.3 Å². The summed E-state index contributed by atoms with van der Waals surface area (Å²) in [5.41, 5.74) is 1.22. The smallest absolute Gasteiger partial charge is 0.262 e. The molecule has 0 saturated heterocycles. The summed E-state index contributed by atoms with van der Waals surface area (Å²) in [5.74, 6) is 0.143. The maximum absolute atomic E-state index is 12.3. The van der Waals surface area contributed by atoms with Gasteiger partial charge >= 0.3 is 0 Å². The summed E-state index contributed by atoms with van der Waals surface area (Å²) in [7, 11) is 0. The Bertz CT molecular complexity index is 1190. The van der Waals surface area contributed by atoms with Crippen molar-refractivity contribution in [2.24, 2.45) is 0 Å². The molecule has 156 valence electrons. The number of carbonyl (C=O) groups is 2. The van der Waals surface area contributed by atoms with E-state index in [2.05, 4.69) is 20.7 Å². The zero-order valence-electron chi connectivity index (χ0n) is 16.9. The van der Waals surface area contributed by atoms with Crippen LogP contribution in [0.4, 0.5) is 11.4 Å². The van der Waals surface area contributed by atoms with Crippen LogP contribution >= 0.6 is 0 Å². The first-order chi connectivity index (χ1) is 15.1. The number of hydrogen-bond acceptors (Lipinski definition) is 5. The number of rotatable bonds is 7. The molecule has 8 heteroatoms. The fourth-order valence-corrected chi connectivity index (χ4v) is 3.02. The van der Waals surface area contributed by atoms with E-state index >= 15 is 0 Å². The monoisotopic (exact) mass is 415 g/mol. The normalized spacial score (nSPS) is 11.6. The van der Waals surface area contributed by atoms with Gasteiger partial charge in [-0.2, -0.15) is 5.10 Å². The molecule has 4 rings (SSSR count). The molecule has 0 radical (unpaired) electrons. The first kappa shape index (κ1) is 20.1. The molecule has 0 aliphatic heterocycles. The van der Waals surface area contributed by atoms with E-state index in [9.17, 15) is 9.59 Å². The van der Waals surface area contributed by atoms with Gasteiger partial charge in [-0.3, -0.25) is 9.59 Å². The van der Waals surface area contributed by atoms with Gasteiger partial charge in [-0.25, -0.2) is 9.67 Å². The Morgan fingerprint density at radius 1 is 0.968 bits per heavy atom. The Balaban J connectivity index is 1.28. The summed E-state index contributed by atoms with van der Waals surface area (Å²) in [5, 5.41) is 11.7. The van der Waals surface area contributed by atoms with Gasteiger partial charge in [0, 0.05) is 11.4 Å². The minimum absolute atomic E-state index is 0.105. The van der Waals surface area contributed by atoms with E-state index in [-0.39, 0.29) is 18.4 Å². The van der Waals surface area contributed by atoms with Crippen LogP contribution in [-0.4, -0.2) is 33.2 Å². The molecule has 2 amide bonds. The second-order valence-corrected chi connectivity index (χ2v) is 6.96. The molecule has 0 aliphatic carbocycles. The fourth-order valence-electron chi connectivity index (χ4n) is 3.02. The van der Waals surface area contributed by atoms with Crippen LogP contribution in [0.15, 0.2) is 79.4 Å². The highest BCUT2D eigenvalue weighted by Gasteiger charge is 2.15. The second kappa shape index (κ2) is 9.08. The van der Waals surface area contributed by atoms with Crippen LogP contribution < -0.4 is 15.4 Å². The Morgan fingerprint density at radius 2 is 1.68 bits per heavy atom. The van der Waals surface area contributed by atoms with Crippen molar-refractivity contribution in [3.8, 4) is 5.75 Å². The van der Waals surface area contributed by atoms with Crippen LogP contribution in [0.3, 0.4) is 0 Å². The van der Waals surface area contributed by atoms with Crippen molar-refractivity contribution >= 4 is 34.0 Å². The summed E-state index contributed by atoms with van der Waals surface area (Å²) in [6.07, 6.45) is 2.87. The van der Waals surface area contributed by atoms with Gasteiger partial charge in [0.05, 0.1) is 0 Å². The van der Waals surface area contributed by atoms with Crippen LogP contribution in [0.2, 0.25) is 0 Å². The van der Waals surface area contributed by atoms with Gasteiger partial charge in [0.15, 0.2) is 6.61 Å². The van der Waals surface area contributed by atoms with Gasteiger partial charge in [0.1, 0.15) is 24.4 Å². The third-order valence-corrected chi connectivity index (χ3v) is 4.74. The topological polar surface area (TPSA) is 98.1 Å². The van der Waals surface area contributed by atoms with Crippen LogP contribution in [0.25, 0.3) is 10.8 Å². The van der Waals surface area contributed by atoms with E-state index < -0.39 is 6.04 Å². The summed E-state index contributed by atoms with van der Waals surface area (Å²) in [6, 6.07) is 20.0. The predicted octanol–water partition coefficient (Wildman–Crippen LogP) is 3.65. The summed E-state index contributed by atoms with van der Waals surface area (Å²) in [4.78, 5) is 28.3. The molecule has 0 bridgehead atoms. The first-order valence-electron chi connectivity index (χ1n) is 9.75. The number of carbonyl (C=O) groups excluding carboxylic acids is 2. The number of nitrogens with zero attached hydrogens (tertiary/aromatic N) is 3. The van der Waals surface area contributed by atoms with Gasteiger partial charge in [-0.15, -0.1) is 0 Å². The molecular formula is C23H21N5O3. The van der Waals surface area contributed by atoms with Crippen molar-refractivity contribution in [1.29, 1.82) is 0 Å². The van der Waals surface area contributed by atoms with Crippen molar-refractivity contribution in [2.75, 3.05) is 17.2 Å². The minimum atomic E-state index is -0.492. The molecule has 2 N–H and O–H groups in total. The lowest BCUT2D eigenvalue weighted by Crippen LogP contribution is -2.24. The van der Waals surface area contributed by atoms with Gasteiger partial charge in [-0.1, -0.05) is 30.3 Å². The number of hydrogen-bond donors (Lipinski definition) is 2. The summed E-state index contributed by atoms with van der Waals surface area (Å²) >= 11 is 0. The Hall–Kier alpha value is -4.20. The fraction of sp³-hybridized carbons (Fsp3) is 0.130. The van der Waals surface area contributed by atoms with Gasteiger partial charge < -0.3 is 15.4 Å². The van der Waals surface area contributed by atoms with Crippen LogP contribution in [0, 0.1) is 0 Å². The molecule has 0 saturated carbocycles. The van der Waals surface area contributed by atoms with Crippen LogP contribution in [0.5, 0.6) is 5.75 Å². The molecule has 0 spiro atoms. The largest absolute Gasteiger partial charge is 0.484 e. The molecule has 3 aromatic carbocycles. The minimum Gasteiger partial charge on any atom is -0.484 e. The highest BCUT2D eigenvalue weighted by Crippen LogP contribution is 2.21. The highest BCUT2D eigenvalue weighted by atomic mass is 16.5. The lowest BCUT2D eigenvalue weighted by molar-refractivity contribution is -0.119. The van der Waals surface area contributed by atoms with Crippen LogP contribution in [-0.2, 0) is 9.59 Å². The molecule has 4 aromatic rings. The molecule has 1 aromatic heterocycles. The maximum atomic E-state index is 12.3. The van der Waals surface area contributed by atoms with Crippen molar-refractivity contribution in [1.82, 2.24) is 14.8 Å². The molecule has 0 fully saturated rings. The zero-order chi connectivity index (χ0) is 21.6. The molecule has 1 unspecified atom stereocenters. The van der Waals surface area contributed by atoms with E-state index in [1.54, 1.807) is 31.2 Å². The van der Waals surface area contributed by atoms with Gasteiger partial charge in [0.25, 0.3) is 5.91 Å². The lowest BCUT2D eigenvalue weighted by Gasteiger charge is -2.13. The molecule has 1 heterocycles. The standard InChI is InChI=1S/C23H21N5O3/c1-16(28-15-24-14-25-28)23(30)27-20-9-7-19(8-10-20)26-22(29)13-31-21-11-6-17-4-2-3-5-18(17)12-21/h2-12,14-16H,13H2,1H3,(H,26,29)(H,27,30). The predicted molar refractivity (Wildman–Crippen MR) is 118 cm³/mol. The third kappa shape index (κ3) is 5.05. The molecule has 0 aliphatic rings. The molecule has 1 atom stereocenters.